The molecule has 0 spiro atoms. The quantitative estimate of drug-likeness (QED) is 0.465. The van der Waals surface area contributed by atoms with E-state index < -0.39 is 6.09 Å². The molecule has 1 aromatic carbocycles. The van der Waals surface area contributed by atoms with Gasteiger partial charge >= 0.3 is 6.09 Å². The number of carbonyl (C=O) groups is 3. The number of amides is 3. The molecule has 1 fully saturated rings. The largest absolute Gasteiger partial charge is 0.446 e. The Kier molecular flexibility index (Phi) is 9.73. The molecule has 1 aromatic rings. The summed E-state index contributed by atoms with van der Waals surface area (Å²) in [4.78, 5) is 40.6. The van der Waals surface area contributed by atoms with Gasteiger partial charge in [0, 0.05) is 25.9 Å². The molecule has 6 nitrogen and oxygen atoms in total. The molecule has 1 aliphatic rings. The highest BCUT2D eigenvalue weighted by molar-refractivity contribution is 5.93. The van der Waals surface area contributed by atoms with Crippen LogP contribution < -0.4 is 0 Å². The van der Waals surface area contributed by atoms with Gasteiger partial charge in [0.15, 0.2) is 0 Å². The second-order valence-electron chi connectivity index (χ2n) is 9.62. The highest BCUT2D eigenvalue weighted by Crippen LogP contribution is 2.31. The molecular formula is C26H40N2O4. The summed E-state index contributed by atoms with van der Waals surface area (Å²) in [5.41, 5.74) is 0.914. The lowest BCUT2D eigenvalue weighted by atomic mass is 9.84. The van der Waals surface area contributed by atoms with E-state index in [0.29, 0.717) is 18.3 Å². The number of rotatable bonds is 11. The molecule has 0 radical (unpaired) electrons. The Morgan fingerprint density at radius 1 is 1.12 bits per heavy atom. The van der Waals surface area contributed by atoms with E-state index in [0.717, 1.165) is 31.4 Å². The van der Waals surface area contributed by atoms with Crippen LogP contribution in [-0.2, 0) is 14.3 Å². The third kappa shape index (κ3) is 6.81. The summed E-state index contributed by atoms with van der Waals surface area (Å²) >= 11 is 0. The van der Waals surface area contributed by atoms with Gasteiger partial charge < -0.3 is 9.64 Å². The lowest BCUT2D eigenvalue weighted by molar-refractivity contribution is -0.134. The van der Waals surface area contributed by atoms with Crippen LogP contribution in [-0.4, -0.2) is 47.9 Å². The number of ether oxygens (including phenoxy) is 1. The van der Waals surface area contributed by atoms with Gasteiger partial charge in [-0.25, -0.2) is 9.69 Å². The lowest BCUT2D eigenvalue weighted by Gasteiger charge is -2.27. The molecule has 1 aliphatic heterocycles. The topological polar surface area (TPSA) is 66.9 Å². The van der Waals surface area contributed by atoms with Crippen LogP contribution in [0.25, 0.3) is 0 Å². The summed E-state index contributed by atoms with van der Waals surface area (Å²) < 4.78 is 5.19. The van der Waals surface area contributed by atoms with E-state index in [2.05, 4.69) is 20.8 Å². The van der Waals surface area contributed by atoms with Crippen LogP contribution in [0.15, 0.2) is 30.3 Å². The van der Waals surface area contributed by atoms with Crippen molar-refractivity contribution in [1.82, 2.24) is 9.80 Å². The number of hydrogen-bond donors (Lipinski definition) is 0. The minimum Gasteiger partial charge on any atom is -0.446 e. The van der Waals surface area contributed by atoms with Gasteiger partial charge in [-0.3, -0.25) is 9.59 Å². The van der Waals surface area contributed by atoms with Gasteiger partial charge in [0.25, 0.3) is 0 Å². The lowest BCUT2D eigenvalue weighted by Crippen LogP contribution is -2.36. The SMILES string of the molecule is CC[C@@H](C)C(=O)N(C)CC[C@H](C)C[C@H](C)[C@H](C)CC(=O)N1C(=O)OC[C@H]1c1ccccc1. The zero-order chi connectivity index (χ0) is 23.8. The number of cyclic esters (lactones) is 1. The van der Waals surface area contributed by atoms with Crippen LogP contribution in [0.2, 0.25) is 0 Å². The van der Waals surface area contributed by atoms with Crippen molar-refractivity contribution in [1.29, 1.82) is 0 Å². The molecular weight excluding hydrogens is 404 g/mol. The fourth-order valence-electron chi connectivity index (χ4n) is 4.25. The molecule has 2 rings (SSSR count). The number of hydrogen-bond acceptors (Lipinski definition) is 4. The molecule has 178 valence electrons. The van der Waals surface area contributed by atoms with E-state index >= 15 is 0 Å². The minimum atomic E-state index is -0.550. The molecule has 0 aliphatic carbocycles. The predicted octanol–water partition coefficient (Wildman–Crippen LogP) is 5.29. The average Bonchev–Trinajstić information content (AvgIpc) is 3.18. The van der Waals surface area contributed by atoms with Gasteiger partial charge in [-0.2, -0.15) is 0 Å². The first-order valence-electron chi connectivity index (χ1n) is 11.9. The summed E-state index contributed by atoms with van der Waals surface area (Å²) in [5.74, 6) is 1.03. The fraction of sp³-hybridized carbons (Fsp3) is 0.654. The standard InChI is InChI=1S/C26H40N2O4/c1-7-19(3)25(30)27(6)14-13-18(2)15-20(4)21(5)16-24(29)28-23(17-32-26(28)31)22-11-9-8-10-12-22/h8-12,18-21,23H,7,13-17H2,1-6H3/t18-,19+,20-,21+,23-/m0/s1. The van der Waals surface area contributed by atoms with Crippen molar-refractivity contribution in [2.45, 2.75) is 66.3 Å². The summed E-state index contributed by atoms with van der Waals surface area (Å²) in [5, 5.41) is 0. The van der Waals surface area contributed by atoms with Crippen molar-refractivity contribution in [3.05, 3.63) is 35.9 Å². The predicted molar refractivity (Wildman–Crippen MR) is 126 cm³/mol. The van der Waals surface area contributed by atoms with Gasteiger partial charge in [-0.1, -0.05) is 65.0 Å². The smallest absolute Gasteiger partial charge is 0.417 e. The fourth-order valence-corrected chi connectivity index (χ4v) is 4.25. The molecule has 0 unspecified atom stereocenters. The van der Waals surface area contributed by atoms with E-state index in [1.807, 2.05) is 56.1 Å². The van der Waals surface area contributed by atoms with Crippen LogP contribution in [0.1, 0.15) is 71.9 Å². The van der Waals surface area contributed by atoms with Crippen molar-refractivity contribution >= 4 is 17.9 Å². The highest BCUT2D eigenvalue weighted by atomic mass is 16.6. The Hall–Kier alpha value is -2.37. The number of benzene rings is 1. The van der Waals surface area contributed by atoms with Gasteiger partial charge in [0.2, 0.25) is 11.8 Å². The maximum Gasteiger partial charge on any atom is 0.417 e. The Morgan fingerprint density at radius 3 is 2.41 bits per heavy atom. The van der Waals surface area contributed by atoms with Crippen molar-refractivity contribution in [2.24, 2.45) is 23.7 Å². The van der Waals surface area contributed by atoms with Crippen LogP contribution >= 0.6 is 0 Å². The molecule has 6 heteroatoms. The van der Waals surface area contributed by atoms with E-state index in [-0.39, 0.29) is 36.3 Å². The first-order valence-corrected chi connectivity index (χ1v) is 11.9. The van der Waals surface area contributed by atoms with Crippen LogP contribution in [0, 0.1) is 23.7 Å². The second kappa shape index (κ2) is 12.0. The second-order valence-corrected chi connectivity index (χ2v) is 9.62. The number of imide groups is 1. The van der Waals surface area contributed by atoms with Crippen molar-refractivity contribution in [2.75, 3.05) is 20.2 Å². The monoisotopic (exact) mass is 444 g/mol. The summed E-state index contributed by atoms with van der Waals surface area (Å²) in [6.45, 7) is 11.4. The van der Waals surface area contributed by atoms with E-state index in [1.54, 1.807) is 0 Å². The van der Waals surface area contributed by atoms with E-state index in [1.165, 1.54) is 4.90 Å². The van der Waals surface area contributed by atoms with E-state index in [9.17, 15) is 14.4 Å². The summed E-state index contributed by atoms with van der Waals surface area (Å²) in [7, 11) is 1.88. The molecule has 1 heterocycles. The van der Waals surface area contributed by atoms with Gasteiger partial charge in [0.1, 0.15) is 12.6 Å². The molecule has 1 saturated heterocycles. The Bertz CT molecular complexity index is 766. The van der Waals surface area contributed by atoms with Gasteiger partial charge in [-0.05, 0) is 42.6 Å². The van der Waals surface area contributed by atoms with E-state index in [4.69, 9.17) is 4.74 Å². The van der Waals surface area contributed by atoms with Gasteiger partial charge in [-0.15, -0.1) is 0 Å². The molecule has 0 aromatic heterocycles. The first kappa shape index (κ1) is 25.9. The molecule has 3 amide bonds. The van der Waals surface area contributed by atoms with Crippen LogP contribution in [0.5, 0.6) is 0 Å². The zero-order valence-electron chi connectivity index (χ0n) is 20.5. The number of carbonyl (C=O) groups excluding carboxylic acids is 3. The maximum absolute atomic E-state index is 13.0. The normalized spacial score (nSPS) is 19.8. The Labute approximate surface area is 193 Å². The Balaban J connectivity index is 1.85. The molecule has 0 saturated carbocycles. The minimum absolute atomic E-state index is 0.0669. The Morgan fingerprint density at radius 2 is 1.78 bits per heavy atom. The highest BCUT2D eigenvalue weighted by Gasteiger charge is 2.39. The summed E-state index contributed by atoms with van der Waals surface area (Å²) in [6.07, 6.45) is 2.55. The average molecular weight is 445 g/mol. The third-order valence-corrected chi connectivity index (χ3v) is 6.94. The molecule has 5 atom stereocenters. The molecule has 32 heavy (non-hydrogen) atoms. The first-order chi connectivity index (χ1) is 15.1. The number of nitrogens with zero attached hydrogens (tertiary/aromatic N) is 2. The third-order valence-electron chi connectivity index (χ3n) is 6.94. The van der Waals surface area contributed by atoms with Crippen LogP contribution in [0.3, 0.4) is 0 Å². The summed E-state index contributed by atoms with van der Waals surface area (Å²) in [6, 6.07) is 9.21. The molecule has 0 bridgehead atoms. The van der Waals surface area contributed by atoms with Gasteiger partial charge in [0.05, 0.1) is 0 Å². The zero-order valence-corrected chi connectivity index (χ0v) is 20.5. The van der Waals surface area contributed by atoms with Crippen molar-refractivity contribution < 1.29 is 19.1 Å². The van der Waals surface area contributed by atoms with Crippen molar-refractivity contribution in [3.8, 4) is 0 Å². The maximum atomic E-state index is 13.0. The van der Waals surface area contributed by atoms with Crippen LogP contribution in [0.4, 0.5) is 4.79 Å². The van der Waals surface area contributed by atoms with Crippen molar-refractivity contribution in [3.63, 3.8) is 0 Å². The molecule has 0 N–H and O–H groups in total.